The minimum atomic E-state index is -0.417. The van der Waals surface area contributed by atoms with Crippen molar-refractivity contribution in [2.24, 2.45) is 0 Å². The molecule has 0 N–H and O–H groups in total. The van der Waals surface area contributed by atoms with Crippen LogP contribution in [0.3, 0.4) is 0 Å². The van der Waals surface area contributed by atoms with Gasteiger partial charge in [0.25, 0.3) is 0 Å². The molecule has 0 rings (SSSR count). The number of hydrogen-bond donors (Lipinski definition) is 0. The summed E-state index contributed by atoms with van der Waals surface area (Å²) in [5.74, 6) is -0.417. The fourth-order valence-corrected chi connectivity index (χ4v) is 1.09. The third-order valence-corrected chi connectivity index (χ3v) is 1.71. The molecule has 0 aromatic heterocycles. The molecule has 4 heteroatoms. The van der Waals surface area contributed by atoms with Crippen LogP contribution in [-0.4, -0.2) is 12.6 Å². The first-order chi connectivity index (χ1) is 5.63. The second kappa shape index (κ2) is 6.32. The Labute approximate surface area is 82.5 Å². The summed E-state index contributed by atoms with van der Waals surface area (Å²) >= 11 is 11.0. The predicted molar refractivity (Wildman–Crippen MR) is 50.3 cm³/mol. The molecule has 0 spiro atoms. The topological polar surface area (TPSA) is 26.3 Å². The first-order valence-electron chi connectivity index (χ1n) is 3.84. The molecule has 0 amide bonds. The van der Waals surface area contributed by atoms with Crippen LogP contribution in [-0.2, 0) is 9.53 Å². The van der Waals surface area contributed by atoms with Gasteiger partial charge in [-0.05, 0) is 13.3 Å². The first kappa shape index (κ1) is 11.8. The molecular weight excluding hydrogens is 199 g/mol. The molecule has 0 aromatic rings. The number of esters is 1. The molecule has 0 saturated carbocycles. The van der Waals surface area contributed by atoms with E-state index in [0.717, 1.165) is 6.42 Å². The highest BCUT2D eigenvalue weighted by molar-refractivity contribution is 6.57. The van der Waals surface area contributed by atoms with E-state index in [0.29, 0.717) is 18.6 Å². The van der Waals surface area contributed by atoms with Crippen molar-refractivity contribution in [3.8, 4) is 0 Å². The summed E-state index contributed by atoms with van der Waals surface area (Å²) in [5, 5.41) is 0. The number of carbonyl (C=O) groups excluding carboxylic acids is 1. The molecule has 0 heterocycles. The lowest BCUT2D eigenvalue weighted by atomic mass is 10.2. The second-order valence-corrected chi connectivity index (χ2v) is 3.16. The van der Waals surface area contributed by atoms with Crippen molar-refractivity contribution in [1.82, 2.24) is 0 Å². The summed E-state index contributed by atoms with van der Waals surface area (Å²) in [7, 11) is 0. The first-order valence-corrected chi connectivity index (χ1v) is 4.60. The van der Waals surface area contributed by atoms with E-state index < -0.39 is 5.97 Å². The fourth-order valence-electron chi connectivity index (χ4n) is 0.742. The van der Waals surface area contributed by atoms with Crippen LogP contribution >= 0.6 is 23.2 Å². The average Bonchev–Trinajstić information content (AvgIpc) is 1.99. The molecule has 0 saturated heterocycles. The van der Waals surface area contributed by atoms with Crippen LogP contribution in [0.25, 0.3) is 0 Å². The Morgan fingerprint density at radius 2 is 1.92 bits per heavy atom. The lowest BCUT2D eigenvalue weighted by molar-refractivity contribution is -0.138. The highest BCUT2D eigenvalue weighted by Gasteiger charge is 2.12. The lowest BCUT2D eigenvalue weighted by Gasteiger charge is -2.04. The summed E-state index contributed by atoms with van der Waals surface area (Å²) < 4.78 is 4.76. The van der Waals surface area contributed by atoms with Gasteiger partial charge < -0.3 is 4.74 Å². The van der Waals surface area contributed by atoms with Gasteiger partial charge in [0.2, 0.25) is 0 Å². The van der Waals surface area contributed by atoms with E-state index in [9.17, 15) is 4.79 Å². The zero-order valence-electron chi connectivity index (χ0n) is 7.19. The third kappa shape index (κ3) is 3.98. The van der Waals surface area contributed by atoms with Crippen molar-refractivity contribution in [1.29, 1.82) is 0 Å². The normalized spacial score (nSPS) is 9.33. The van der Waals surface area contributed by atoms with E-state index in [-0.39, 0.29) is 4.49 Å². The largest absolute Gasteiger partial charge is 0.463 e. The summed E-state index contributed by atoms with van der Waals surface area (Å²) in [5.41, 5.74) is 0.364. The molecular formula is C8H12Cl2O2. The van der Waals surface area contributed by atoms with E-state index >= 15 is 0 Å². The van der Waals surface area contributed by atoms with Crippen molar-refractivity contribution in [2.45, 2.75) is 26.7 Å². The van der Waals surface area contributed by atoms with Gasteiger partial charge in [-0.15, -0.1) is 0 Å². The van der Waals surface area contributed by atoms with E-state index in [2.05, 4.69) is 0 Å². The van der Waals surface area contributed by atoms with Gasteiger partial charge in [-0.2, -0.15) is 0 Å². The van der Waals surface area contributed by atoms with Gasteiger partial charge in [0.15, 0.2) is 0 Å². The number of halogens is 2. The van der Waals surface area contributed by atoms with Crippen molar-refractivity contribution >= 4 is 29.2 Å². The van der Waals surface area contributed by atoms with Gasteiger partial charge in [-0.3, -0.25) is 0 Å². The molecule has 0 aliphatic heterocycles. The standard InChI is InChI=1S/C8H12Cl2O2/c1-3-5-6(7(9)10)8(11)12-4-2/h3-5H2,1-2H3. The molecule has 0 radical (unpaired) electrons. The van der Waals surface area contributed by atoms with Gasteiger partial charge in [-0.25, -0.2) is 4.79 Å². The third-order valence-electron chi connectivity index (χ3n) is 1.25. The van der Waals surface area contributed by atoms with Crippen LogP contribution in [0.15, 0.2) is 10.1 Å². The maximum absolute atomic E-state index is 11.1. The number of rotatable bonds is 4. The Hall–Kier alpha value is -0.210. The van der Waals surface area contributed by atoms with E-state index in [4.69, 9.17) is 27.9 Å². The highest BCUT2D eigenvalue weighted by Crippen LogP contribution is 2.19. The maximum atomic E-state index is 11.1. The lowest BCUT2D eigenvalue weighted by Crippen LogP contribution is -2.08. The monoisotopic (exact) mass is 210 g/mol. The Morgan fingerprint density at radius 1 is 1.33 bits per heavy atom. The van der Waals surface area contributed by atoms with Crippen molar-refractivity contribution < 1.29 is 9.53 Å². The Morgan fingerprint density at radius 3 is 2.25 bits per heavy atom. The molecule has 12 heavy (non-hydrogen) atoms. The number of ether oxygens (including phenoxy) is 1. The van der Waals surface area contributed by atoms with Crippen molar-refractivity contribution in [3.63, 3.8) is 0 Å². The SMILES string of the molecule is CCCC(C(=O)OCC)=C(Cl)Cl. The smallest absolute Gasteiger partial charge is 0.336 e. The van der Waals surface area contributed by atoms with Gasteiger partial charge >= 0.3 is 5.97 Å². The minimum Gasteiger partial charge on any atom is -0.463 e. The predicted octanol–water partition coefficient (Wildman–Crippen LogP) is 3.04. The molecule has 0 atom stereocenters. The second-order valence-electron chi connectivity index (χ2n) is 2.21. The Balaban J connectivity index is 4.32. The highest BCUT2D eigenvalue weighted by atomic mass is 35.5. The molecule has 0 aliphatic rings. The van der Waals surface area contributed by atoms with Gasteiger partial charge in [0, 0.05) is 0 Å². The Bertz CT molecular complexity index is 183. The summed E-state index contributed by atoms with van der Waals surface area (Å²) in [6, 6.07) is 0. The van der Waals surface area contributed by atoms with Gasteiger partial charge in [-0.1, -0.05) is 36.5 Å². The molecule has 0 aliphatic carbocycles. The van der Waals surface area contributed by atoms with E-state index in [1.807, 2.05) is 6.92 Å². The average molecular weight is 211 g/mol. The maximum Gasteiger partial charge on any atom is 0.336 e. The quantitative estimate of drug-likeness (QED) is 0.527. The zero-order chi connectivity index (χ0) is 9.56. The minimum absolute atomic E-state index is 0.00954. The molecule has 70 valence electrons. The van der Waals surface area contributed by atoms with Gasteiger partial charge in [0.1, 0.15) is 4.49 Å². The summed E-state index contributed by atoms with van der Waals surface area (Å²) in [6.07, 6.45) is 1.37. The molecule has 2 nitrogen and oxygen atoms in total. The fraction of sp³-hybridized carbons (Fsp3) is 0.625. The van der Waals surface area contributed by atoms with Crippen molar-refractivity contribution in [3.05, 3.63) is 10.1 Å². The molecule has 0 bridgehead atoms. The van der Waals surface area contributed by atoms with Crippen molar-refractivity contribution in [2.75, 3.05) is 6.61 Å². The van der Waals surface area contributed by atoms with E-state index in [1.54, 1.807) is 6.92 Å². The number of carbonyl (C=O) groups is 1. The van der Waals surface area contributed by atoms with Crippen LogP contribution < -0.4 is 0 Å². The van der Waals surface area contributed by atoms with Crippen LogP contribution in [0.4, 0.5) is 0 Å². The van der Waals surface area contributed by atoms with E-state index in [1.165, 1.54) is 0 Å². The van der Waals surface area contributed by atoms with Crippen LogP contribution in [0, 0.1) is 0 Å². The van der Waals surface area contributed by atoms with Crippen LogP contribution in [0.2, 0.25) is 0 Å². The zero-order valence-corrected chi connectivity index (χ0v) is 8.71. The van der Waals surface area contributed by atoms with Crippen LogP contribution in [0.5, 0.6) is 0 Å². The molecule has 0 aromatic carbocycles. The molecule has 0 fully saturated rings. The summed E-state index contributed by atoms with van der Waals surface area (Å²) in [4.78, 5) is 11.1. The summed E-state index contributed by atoms with van der Waals surface area (Å²) in [6.45, 7) is 4.02. The molecule has 0 unspecified atom stereocenters. The van der Waals surface area contributed by atoms with Gasteiger partial charge in [0.05, 0.1) is 12.2 Å². The van der Waals surface area contributed by atoms with Crippen LogP contribution in [0.1, 0.15) is 26.7 Å². The number of hydrogen-bond acceptors (Lipinski definition) is 2. The Kier molecular flexibility index (Phi) is 6.21.